The Morgan fingerprint density at radius 1 is 0.796 bits per heavy atom. The molecule has 0 amide bonds. The predicted octanol–water partition coefficient (Wildman–Crippen LogP) is 6.09. The molecule has 2 aromatic rings. The maximum Gasteiger partial charge on any atom is 0.453 e. The van der Waals surface area contributed by atoms with E-state index in [0.717, 1.165) is 44.1 Å². The van der Waals surface area contributed by atoms with Crippen molar-refractivity contribution in [3.05, 3.63) is 58.6 Å². The summed E-state index contributed by atoms with van der Waals surface area (Å²) in [6.07, 6.45) is 7.03. The minimum absolute atomic E-state index is 0.0653. The van der Waals surface area contributed by atoms with Crippen molar-refractivity contribution in [2.75, 3.05) is 20.1 Å². The van der Waals surface area contributed by atoms with Gasteiger partial charge in [0.2, 0.25) is 13.6 Å². The predicted molar refractivity (Wildman–Crippen MR) is 180 cm³/mol. The van der Waals surface area contributed by atoms with Gasteiger partial charge in [-0.1, -0.05) is 82.2 Å². The Hall–Kier alpha value is -3.87. The highest BCUT2D eigenvalue weighted by Crippen LogP contribution is 2.41. The number of ether oxygens (including phenoxy) is 6. The van der Waals surface area contributed by atoms with Crippen molar-refractivity contribution in [2.24, 2.45) is 0 Å². The largest absolute Gasteiger partial charge is 0.453 e. The first-order valence-electron chi connectivity index (χ1n) is 16.9. The van der Waals surface area contributed by atoms with Crippen LogP contribution >= 0.6 is 11.6 Å². The van der Waals surface area contributed by atoms with E-state index in [1.165, 1.54) is 6.07 Å². The van der Waals surface area contributed by atoms with E-state index in [-0.39, 0.29) is 36.9 Å². The molecule has 13 heteroatoms. The Labute approximate surface area is 292 Å². The number of esters is 4. The molecular weight excluding hydrogens is 658 g/mol. The molecule has 0 aliphatic carbocycles. The van der Waals surface area contributed by atoms with Crippen LogP contribution in [0, 0.1) is 0 Å². The van der Waals surface area contributed by atoms with E-state index in [0.29, 0.717) is 29.8 Å². The van der Waals surface area contributed by atoms with E-state index < -0.39 is 49.4 Å². The molecule has 12 nitrogen and oxygen atoms in total. The molecule has 2 atom stereocenters. The summed E-state index contributed by atoms with van der Waals surface area (Å²) in [6.45, 7) is 4.78. The lowest BCUT2D eigenvalue weighted by molar-refractivity contribution is -0.214. The summed E-state index contributed by atoms with van der Waals surface area (Å²) in [5, 5.41) is 14.4. The Morgan fingerprint density at radius 3 is 1.96 bits per heavy atom. The highest BCUT2D eigenvalue weighted by atomic mass is 35.5. The van der Waals surface area contributed by atoms with Gasteiger partial charge >= 0.3 is 29.7 Å². The van der Waals surface area contributed by atoms with Crippen molar-refractivity contribution in [2.45, 2.75) is 109 Å². The molecule has 0 bridgehead atoms. The van der Waals surface area contributed by atoms with Crippen molar-refractivity contribution in [3.8, 4) is 11.5 Å². The number of carbonyl (C=O) groups is 4. The summed E-state index contributed by atoms with van der Waals surface area (Å²) < 4.78 is 31.7. The quantitative estimate of drug-likeness (QED) is 0.0630. The number of hydrogen-bond donors (Lipinski definition) is 2. The zero-order valence-corrected chi connectivity index (χ0v) is 29.3. The Morgan fingerprint density at radius 2 is 1.39 bits per heavy atom. The normalized spacial score (nSPS) is 14.1. The van der Waals surface area contributed by atoms with E-state index in [4.69, 9.17) is 40.0 Å². The van der Waals surface area contributed by atoms with Gasteiger partial charge in [0.05, 0.1) is 6.10 Å². The number of hydrogen-bond acceptors (Lipinski definition) is 12. The third-order valence-corrected chi connectivity index (χ3v) is 8.01. The molecular formula is C36H48ClNO11. The van der Waals surface area contributed by atoms with Gasteiger partial charge in [0, 0.05) is 30.5 Å². The lowest BCUT2D eigenvalue weighted by Crippen LogP contribution is -2.56. The van der Waals surface area contributed by atoms with E-state index >= 15 is 0 Å². The standard InChI is InChI=1S/C36H48ClNO11/c1-4-6-8-10-15-32(40)44-23-46-34(42)36(35(43)47-24-45-33(41)16-11-9-7-5-2)48-30-18-17-26(20-31(30)49-36)19-25(3)38-22-29(39)27-13-12-14-28(37)21-27/h12-14,17-18,20-21,25,29,38-39H,4-11,15-16,19,22-24H2,1-3H3/t25-,29+/m1/s1. The van der Waals surface area contributed by atoms with E-state index in [1.807, 2.05) is 6.92 Å². The summed E-state index contributed by atoms with van der Waals surface area (Å²) in [5.74, 6) is -6.35. The summed E-state index contributed by atoms with van der Waals surface area (Å²) in [6, 6.07) is 11.8. The van der Waals surface area contributed by atoms with Crippen LogP contribution in [0.3, 0.4) is 0 Å². The van der Waals surface area contributed by atoms with E-state index in [2.05, 4.69) is 19.2 Å². The summed E-state index contributed by atoms with van der Waals surface area (Å²) >= 11 is 6.04. The first kappa shape index (κ1) is 39.6. The smallest absolute Gasteiger partial charge is 0.431 e. The minimum atomic E-state index is -2.73. The molecule has 2 aromatic carbocycles. The first-order chi connectivity index (χ1) is 23.6. The second-order valence-corrected chi connectivity index (χ2v) is 12.4. The molecule has 0 unspecified atom stereocenters. The van der Waals surface area contributed by atoms with Crippen LogP contribution in [0.25, 0.3) is 0 Å². The van der Waals surface area contributed by atoms with Gasteiger partial charge in [0.1, 0.15) is 0 Å². The van der Waals surface area contributed by atoms with Crippen LogP contribution in [0.2, 0.25) is 5.02 Å². The molecule has 0 radical (unpaired) electrons. The fourth-order valence-corrected chi connectivity index (χ4v) is 5.22. The lowest BCUT2D eigenvalue weighted by atomic mass is 10.1. The molecule has 49 heavy (non-hydrogen) atoms. The van der Waals surface area contributed by atoms with Crippen LogP contribution in [-0.4, -0.2) is 60.9 Å². The van der Waals surface area contributed by atoms with Gasteiger partial charge in [-0.15, -0.1) is 0 Å². The number of rotatable bonds is 22. The Balaban J connectivity index is 1.63. The highest BCUT2D eigenvalue weighted by molar-refractivity contribution is 6.30. The Kier molecular flexibility index (Phi) is 16.6. The highest BCUT2D eigenvalue weighted by Gasteiger charge is 2.60. The van der Waals surface area contributed by atoms with Crippen LogP contribution in [-0.2, 0) is 44.5 Å². The van der Waals surface area contributed by atoms with Crippen LogP contribution in [0.1, 0.15) is 102 Å². The number of aliphatic hydroxyl groups is 1. The average Bonchev–Trinajstić information content (AvgIpc) is 3.48. The average molecular weight is 706 g/mol. The van der Waals surface area contributed by atoms with E-state index in [9.17, 15) is 24.3 Å². The summed E-state index contributed by atoms with van der Waals surface area (Å²) in [5.41, 5.74) is 1.46. The molecule has 0 saturated carbocycles. The van der Waals surface area contributed by atoms with Crippen LogP contribution in [0.15, 0.2) is 42.5 Å². The third kappa shape index (κ3) is 12.8. The molecule has 2 N–H and O–H groups in total. The maximum absolute atomic E-state index is 13.3. The first-order valence-corrected chi connectivity index (χ1v) is 17.3. The number of carbonyl (C=O) groups excluding carboxylic acids is 4. The Bertz CT molecular complexity index is 1340. The van der Waals surface area contributed by atoms with Crippen LogP contribution in [0.5, 0.6) is 11.5 Å². The zero-order valence-electron chi connectivity index (χ0n) is 28.5. The fourth-order valence-electron chi connectivity index (χ4n) is 5.02. The van der Waals surface area contributed by atoms with Gasteiger partial charge in [-0.05, 0) is 61.6 Å². The van der Waals surface area contributed by atoms with Gasteiger partial charge in [-0.2, -0.15) is 0 Å². The maximum atomic E-state index is 13.3. The SMILES string of the molecule is CCCCCCC(=O)OCOC(=O)C1(C(=O)OCOC(=O)CCCCCC)Oc2ccc(C[C@@H](C)NC[C@H](O)c3cccc(Cl)c3)cc2O1. The molecule has 0 spiro atoms. The van der Waals surface area contributed by atoms with Crippen molar-refractivity contribution in [1.82, 2.24) is 5.32 Å². The fraction of sp³-hybridized carbons (Fsp3) is 0.556. The summed E-state index contributed by atoms with van der Waals surface area (Å²) in [7, 11) is 0. The van der Waals surface area contributed by atoms with Gasteiger partial charge in [0.25, 0.3) is 0 Å². The molecule has 0 saturated heterocycles. The molecule has 0 fully saturated rings. The monoisotopic (exact) mass is 705 g/mol. The third-order valence-electron chi connectivity index (χ3n) is 7.78. The molecule has 3 rings (SSSR count). The second kappa shape index (κ2) is 20.6. The zero-order chi connectivity index (χ0) is 35.6. The number of fused-ring (bicyclic) bond motifs is 1. The van der Waals surface area contributed by atoms with Crippen molar-refractivity contribution in [3.63, 3.8) is 0 Å². The van der Waals surface area contributed by atoms with Gasteiger partial charge < -0.3 is 38.8 Å². The lowest BCUT2D eigenvalue weighted by Gasteiger charge is -2.22. The number of benzene rings is 2. The minimum Gasteiger partial charge on any atom is -0.431 e. The van der Waals surface area contributed by atoms with Crippen LogP contribution in [0.4, 0.5) is 0 Å². The van der Waals surface area contributed by atoms with Gasteiger partial charge in [-0.25, -0.2) is 9.59 Å². The van der Waals surface area contributed by atoms with E-state index in [1.54, 1.807) is 36.4 Å². The second-order valence-electron chi connectivity index (χ2n) is 11.9. The molecule has 0 aromatic heterocycles. The number of halogens is 1. The number of aliphatic hydroxyl groups excluding tert-OH is 1. The summed E-state index contributed by atoms with van der Waals surface area (Å²) in [4.78, 5) is 50.7. The van der Waals surface area contributed by atoms with Crippen molar-refractivity contribution >= 4 is 35.5 Å². The van der Waals surface area contributed by atoms with Crippen LogP contribution < -0.4 is 14.8 Å². The van der Waals surface area contributed by atoms with Gasteiger partial charge in [-0.3, -0.25) is 9.59 Å². The van der Waals surface area contributed by atoms with Crippen molar-refractivity contribution < 1.29 is 52.7 Å². The number of unbranched alkanes of at least 4 members (excludes halogenated alkanes) is 6. The molecule has 1 heterocycles. The number of nitrogens with one attached hydrogen (secondary N) is 1. The molecule has 1 aliphatic rings. The van der Waals surface area contributed by atoms with Crippen molar-refractivity contribution in [1.29, 1.82) is 0 Å². The molecule has 1 aliphatic heterocycles. The van der Waals surface area contributed by atoms with Gasteiger partial charge in [0.15, 0.2) is 11.5 Å². The molecule has 270 valence electrons. The topological polar surface area (TPSA) is 156 Å².